The van der Waals surface area contributed by atoms with Crippen molar-refractivity contribution < 1.29 is 14.6 Å². The maximum atomic E-state index is 10.4. The minimum atomic E-state index is -1.03. The second kappa shape index (κ2) is 6.92. The van der Waals surface area contributed by atoms with Crippen LogP contribution >= 0.6 is 0 Å². The number of azide groups is 1. The number of ether oxygens (including phenoxy) is 1. The quantitative estimate of drug-likeness (QED) is 0.464. The first-order valence-corrected chi connectivity index (χ1v) is 4.85. The van der Waals surface area contributed by atoms with Gasteiger partial charge in [-0.25, -0.2) is 4.79 Å². The van der Waals surface area contributed by atoms with E-state index in [4.69, 9.17) is 15.4 Å². The summed E-state index contributed by atoms with van der Waals surface area (Å²) < 4.78 is 5.10. The highest BCUT2D eigenvalue weighted by Crippen LogP contribution is 2.19. The second-order valence-electron chi connectivity index (χ2n) is 3.04. The fraction of sp³-hybridized carbons (Fsp3) is 0.182. The van der Waals surface area contributed by atoms with Crippen molar-refractivity contribution in [2.24, 2.45) is 5.11 Å². The SMILES string of the molecule is [N-]=[N+]=NCC=Cc1ccccc1OCC(=O)O. The molecule has 0 aliphatic carbocycles. The predicted molar refractivity (Wildman–Crippen MR) is 62.6 cm³/mol. The van der Waals surface area contributed by atoms with E-state index >= 15 is 0 Å². The van der Waals surface area contributed by atoms with Gasteiger partial charge in [-0.05, 0) is 11.6 Å². The number of carboxylic acid groups (broad SMARTS) is 1. The summed E-state index contributed by atoms with van der Waals surface area (Å²) >= 11 is 0. The fourth-order valence-electron chi connectivity index (χ4n) is 1.15. The fourth-order valence-corrected chi connectivity index (χ4v) is 1.15. The molecule has 1 N–H and O–H groups in total. The minimum Gasteiger partial charge on any atom is -0.481 e. The van der Waals surface area contributed by atoms with E-state index < -0.39 is 5.97 Å². The molecule has 1 rings (SSSR count). The van der Waals surface area contributed by atoms with Crippen molar-refractivity contribution in [2.45, 2.75) is 0 Å². The number of hydrogen-bond donors (Lipinski definition) is 1. The molecule has 0 aliphatic rings. The summed E-state index contributed by atoms with van der Waals surface area (Å²) in [7, 11) is 0. The van der Waals surface area contributed by atoms with Gasteiger partial charge in [0.05, 0.1) is 0 Å². The molecule has 17 heavy (non-hydrogen) atoms. The molecule has 0 radical (unpaired) electrons. The molecular weight excluding hydrogens is 222 g/mol. The highest BCUT2D eigenvalue weighted by atomic mass is 16.5. The molecule has 1 aromatic rings. The molecule has 0 fully saturated rings. The van der Waals surface area contributed by atoms with Crippen LogP contribution in [0.4, 0.5) is 0 Å². The number of carboxylic acids is 1. The third kappa shape index (κ3) is 4.72. The molecule has 0 heterocycles. The van der Waals surface area contributed by atoms with Gasteiger partial charge in [0.2, 0.25) is 0 Å². The van der Waals surface area contributed by atoms with Gasteiger partial charge in [-0.15, -0.1) is 0 Å². The first kappa shape index (κ1) is 12.6. The third-order valence-electron chi connectivity index (χ3n) is 1.82. The Balaban J connectivity index is 2.73. The van der Waals surface area contributed by atoms with Crippen LogP contribution in [0.5, 0.6) is 5.75 Å². The number of benzene rings is 1. The summed E-state index contributed by atoms with van der Waals surface area (Å²) in [6.45, 7) is -0.148. The standard InChI is InChI=1S/C11H11N3O3/c12-14-13-7-3-5-9-4-1-2-6-10(9)17-8-11(15)16/h1-6H,7-8H2,(H,15,16). The van der Waals surface area contributed by atoms with Gasteiger partial charge in [-0.1, -0.05) is 35.5 Å². The Labute approximate surface area is 97.8 Å². The summed E-state index contributed by atoms with van der Waals surface area (Å²) in [5.74, 6) is -0.551. The third-order valence-corrected chi connectivity index (χ3v) is 1.82. The maximum absolute atomic E-state index is 10.4. The number of hydrogen-bond acceptors (Lipinski definition) is 3. The zero-order valence-electron chi connectivity index (χ0n) is 8.98. The van der Waals surface area contributed by atoms with Crippen LogP contribution in [-0.2, 0) is 4.79 Å². The van der Waals surface area contributed by atoms with Crippen LogP contribution in [0, 0.1) is 0 Å². The molecule has 0 saturated carbocycles. The molecule has 0 amide bonds. The van der Waals surface area contributed by atoms with E-state index in [0.717, 1.165) is 5.56 Å². The van der Waals surface area contributed by atoms with Crippen molar-refractivity contribution in [1.29, 1.82) is 0 Å². The monoisotopic (exact) mass is 233 g/mol. The van der Waals surface area contributed by atoms with E-state index in [-0.39, 0.29) is 13.2 Å². The van der Waals surface area contributed by atoms with E-state index in [0.29, 0.717) is 5.75 Å². The van der Waals surface area contributed by atoms with Crippen LogP contribution in [0.2, 0.25) is 0 Å². The van der Waals surface area contributed by atoms with E-state index in [1.807, 2.05) is 0 Å². The highest BCUT2D eigenvalue weighted by Gasteiger charge is 2.02. The van der Waals surface area contributed by atoms with Crippen molar-refractivity contribution in [2.75, 3.05) is 13.2 Å². The van der Waals surface area contributed by atoms with Gasteiger partial charge < -0.3 is 9.84 Å². The molecule has 0 atom stereocenters. The first-order chi connectivity index (χ1) is 8.24. The lowest BCUT2D eigenvalue weighted by Gasteiger charge is -2.06. The Kier molecular flexibility index (Phi) is 5.13. The van der Waals surface area contributed by atoms with Gasteiger partial charge in [0.15, 0.2) is 6.61 Å². The molecule has 0 unspecified atom stereocenters. The van der Waals surface area contributed by atoms with Crippen LogP contribution in [-0.4, -0.2) is 24.2 Å². The first-order valence-electron chi connectivity index (χ1n) is 4.85. The summed E-state index contributed by atoms with van der Waals surface area (Å²) in [6, 6.07) is 7.02. The van der Waals surface area contributed by atoms with Crippen LogP contribution in [0.15, 0.2) is 35.5 Å². The summed E-state index contributed by atoms with van der Waals surface area (Å²) in [4.78, 5) is 13.0. The van der Waals surface area contributed by atoms with E-state index in [2.05, 4.69) is 10.0 Å². The highest BCUT2D eigenvalue weighted by molar-refractivity contribution is 5.69. The molecule has 6 heteroatoms. The average Bonchev–Trinajstić information content (AvgIpc) is 2.33. The van der Waals surface area contributed by atoms with Crippen LogP contribution in [0.3, 0.4) is 0 Å². The van der Waals surface area contributed by atoms with Gasteiger partial charge in [0.1, 0.15) is 5.75 Å². The Bertz CT molecular complexity index is 465. The number of aliphatic carboxylic acids is 1. The zero-order chi connectivity index (χ0) is 12.5. The molecule has 6 nitrogen and oxygen atoms in total. The van der Waals surface area contributed by atoms with Gasteiger partial charge in [-0.3, -0.25) is 0 Å². The molecular formula is C11H11N3O3. The van der Waals surface area contributed by atoms with Crippen LogP contribution in [0.25, 0.3) is 16.5 Å². The Morgan fingerprint density at radius 2 is 2.29 bits per heavy atom. The Morgan fingerprint density at radius 3 is 3.00 bits per heavy atom. The average molecular weight is 233 g/mol. The smallest absolute Gasteiger partial charge is 0.341 e. The Morgan fingerprint density at radius 1 is 1.53 bits per heavy atom. The van der Waals surface area contributed by atoms with Crippen LogP contribution < -0.4 is 4.74 Å². The topological polar surface area (TPSA) is 95.3 Å². The summed E-state index contributed by atoms with van der Waals surface area (Å²) in [5.41, 5.74) is 8.84. The molecule has 1 aromatic carbocycles. The van der Waals surface area contributed by atoms with Crippen molar-refractivity contribution in [1.82, 2.24) is 0 Å². The summed E-state index contributed by atoms with van der Waals surface area (Å²) in [5, 5.41) is 11.9. The molecule has 0 aromatic heterocycles. The second-order valence-corrected chi connectivity index (χ2v) is 3.04. The zero-order valence-corrected chi connectivity index (χ0v) is 8.98. The van der Waals surface area contributed by atoms with Crippen molar-refractivity contribution in [3.63, 3.8) is 0 Å². The molecule has 0 bridgehead atoms. The minimum absolute atomic E-state index is 0.240. The van der Waals surface area contributed by atoms with Crippen molar-refractivity contribution in [3.05, 3.63) is 46.3 Å². The number of carbonyl (C=O) groups is 1. The van der Waals surface area contributed by atoms with Gasteiger partial charge in [0.25, 0.3) is 0 Å². The lowest BCUT2D eigenvalue weighted by atomic mass is 10.2. The number of para-hydroxylation sites is 1. The lowest BCUT2D eigenvalue weighted by molar-refractivity contribution is -0.139. The number of nitrogens with zero attached hydrogens (tertiary/aromatic N) is 3. The molecule has 0 saturated heterocycles. The van der Waals surface area contributed by atoms with Crippen molar-refractivity contribution >= 4 is 12.0 Å². The normalized spacial score (nSPS) is 9.88. The summed E-state index contributed by atoms with van der Waals surface area (Å²) in [6.07, 6.45) is 3.38. The lowest BCUT2D eigenvalue weighted by Crippen LogP contribution is -2.09. The van der Waals surface area contributed by atoms with Crippen molar-refractivity contribution in [3.8, 4) is 5.75 Å². The van der Waals surface area contributed by atoms with Gasteiger partial charge >= 0.3 is 5.97 Å². The number of rotatable bonds is 6. The van der Waals surface area contributed by atoms with Crippen LogP contribution in [0.1, 0.15) is 5.56 Å². The van der Waals surface area contributed by atoms with E-state index in [9.17, 15) is 4.79 Å². The molecule has 88 valence electrons. The predicted octanol–water partition coefficient (Wildman–Crippen LogP) is 2.47. The largest absolute Gasteiger partial charge is 0.481 e. The van der Waals surface area contributed by atoms with E-state index in [1.165, 1.54) is 0 Å². The van der Waals surface area contributed by atoms with E-state index in [1.54, 1.807) is 36.4 Å². The van der Waals surface area contributed by atoms with Gasteiger partial charge in [-0.2, -0.15) is 0 Å². The maximum Gasteiger partial charge on any atom is 0.341 e. The Hall–Kier alpha value is -2.46. The molecule has 0 aliphatic heterocycles. The molecule has 0 spiro atoms. The van der Waals surface area contributed by atoms with Gasteiger partial charge in [0, 0.05) is 17.0 Å².